The maximum Gasteiger partial charge on any atom is 0.261 e. The molecule has 148 valence electrons. The van der Waals surface area contributed by atoms with Gasteiger partial charge in [-0.05, 0) is 31.4 Å². The van der Waals surface area contributed by atoms with Crippen molar-refractivity contribution in [3.8, 4) is 0 Å². The molecule has 0 saturated carbocycles. The van der Waals surface area contributed by atoms with E-state index in [-0.39, 0.29) is 28.9 Å². The van der Waals surface area contributed by atoms with Crippen LogP contribution in [-0.4, -0.2) is 66.0 Å². The van der Waals surface area contributed by atoms with Gasteiger partial charge in [0.2, 0.25) is 5.91 Å². The van der Waals surface area contributed by atoms with Gasteiger partial charge in [0.05, 0.1) is 19.1 Å². The van der Waals surface area contributed by atoms with Gasteiger partial charge in [-0.3, -0.25) is 14.4 Å². The molecule has 0 radical (unpaired) electrons. The molecule has 28 heavy (non-hydrogen) atoms. The van der Waals surface area contributed by atoms with Crippen molar-refractivity contribution in [3.63, 3.8) is 0 Å². The van der Waals surface area contributed by atoms with Crippen molar-refractivity contribution in [2.45, 2.75) is 19.8 Å². The molecule has 2 amide bonds. The van der Waals surface area contributed by atoms with Crippen LogP contribution in [0.5, 0.6) is 0 Å². The first-order chi connectivity index (χ1) is 13.6. The fourth-order valence-corrected chi connectivity index (χ4v) is 4.23. The van der Waals surface area contributed by atoms with Gasteiger partial charge in [0, 0.05) is 37.1 Å². The molecule has 1 aromatic heterocycles. The summed E-state index contributed by atoms with van der Waals surface area (Å²) in [7, 11) is 0. The van der Waals surface area contributed by atoms with E-state index in [2.05, 4.69) is 4.98 Å². The minimum Gasteiger partial charge on any atom is -0.378 e. The molecule has 2 saturated heterocycles. The van der Waals surface area contributed by atoms with E-state index < -0.39 is 0 Å². The Hall–Kier alpha value is -2.67. The lowest BCUT2D eigenvalue weighted by atomic mass is 9.95. The number of aromatic nitrogens is 1. The molecular weight excluding hydrogens is 358 g/mol. The summed E-state index contributed by atoms with van der Waals surface area (Å²) in [5.74, 6) is -0.412. The molecule has 4 rings (SSSR count). The van der Waals surface area contributed by atoms with Gasteiger partial charge in [-0.15, -0.1) is 0 Å². The highest BCUT2D eigenvalue weighted by Crippen LogP contribution is 2.23. The lowest BCUT2D eigenvalue weighted by molar-refractivity contribution is -0.141. The number of aromatic amines is 1. The number of amides is 2. The molecule has 3 heterocycles. The summed E-state index contributed by atoms with van der Waals surface area (Å²) in [4.78, 5) is 44.9. The molecule has 7 nitrogen and oxygen atoms in total. The summed E-state index contributed by atoms with van der Waals surface area (Å²) in [5.41, 5.74) is 1.22. The Balaban J connectivity index is 1.57. The lowest BCUT2D eigenvalue weighted by Gasteiger charge is -2.36. The normalized spacial score (nSPS) is 20.4. The third-order valence-electron chi connectivity index (χ3n) is 5.78. The number of H-pyrrole nitrogens is 1. The Morgan fingerprint density at radius 1 is 1.11 bits per heavy atom. The summed E-state index contributed by atoms with van der Waals surface area (Å²) < 4.78 is 5.32. The molecule has 1 atom stereocenters. The molecule has 0 bridgehead atoms. The third-order valence-corrected chi connectivity index (χ3v) is 5.78. The molecule has 1 unspecified atom stereocenters. The Labute approximate surface area is 163 Å². The van der Waals surface area contributed by atoms with E-state index in [0.29, 0.717) is 45.0 Å². The second-order valence-corrected chi connectivity index (χ2v) is 7.53. The number of aryl methyl sites for hydroxylation is 1. The van der Waals surface area contributed by atoms with Crippen LogP contribution in [0.2, 0.25) is 0 Å². The van der Waals surface area contributed by atoms with Gasteiger partial charge < -0.3 is 19.5 Å². The molecule has 0 aliphatic carbocycles. The Morgan fingerprint density at radius 2 is 1.86 bits per heavy atom. The number of ether oxygens (including phenoxy) is 1. The number of hydrogen-bond donors (Lipinski definition) is 1. The number of carbonyl (C=O) groups excluding carboxylic acids is 2. The monoisotopic (exact) mass is 383 g/mol. The van der Waals surface area contributed by atoms with E-state index in [1.165, 1.54) is 0 Å². The van der Waals surface area contributed by atoms with Crippen LogP contribution in [0.4, 0.5) is 0 Å². The highest BCUT2D eigenvalue weighted by molar-refractivity contribution is 6.00. The van der Waals surface area contributed by atoms with Gasteiger partial charge in [-0.1, -0.05) is 18.2 Å². The van der Waals surface area contributed by atoms with Gasteiger partial charge in [0.25, 0.3) is 11.5 Å². The summed E-state index contributed by atoms with van der Waals surface area (Å²) in [5, 5.41) is 0.864. The van der Waals surface area contributed by atoms with Crippen molar-refractivity contribution in [1.29, 1.82) is 0 Å². The van der Waals surface area contributed by atoms with Crippen LogP contribution < -0.4 is 5.56 Å². The standard InChI is InChI=1S/C21H25N3O4/c1-14-16-6-2-3-7-17(16)22-19(25)18(14)21(27)24-8-4-5-15(13-24)20(26)23-9-11-28-12-10-23/h2-3,6-7,15H,4-5,8-13H2,1H3,(H,22,25). The van der Waals surface area contributed by atoms with Gasteiger partial charge >= 0.3 is 0 Å². The fourth-order valence-electron chi connectivity index (χ4n) is 4.23. The number of para-hydroxylation sites is 1. The van der Waals surface area contributed by atoms with E-state index in [1.54, 1.807) is 4.90 Å². The topological polar surface area (TPSA) is 82.7 Å². The molecule has 1 aromatic carbocycles. The second-order valence-electron chi connectivity index (χ2n) is 7.53. The molecule has 2 aromatic rings. The maximum atomic E-state index is 13.2. The number of benzene rings is 1. The number of pyridine rings is 1. The largest absolute Gasteiger partial charge is 0.378 e. The van der Waals surface area contributed by atoms with Crippen LogP contribution >= 0.6 is 0 Å². The minimum absolute atomic E-state index is 0.0879. The number of hydrogen-bond acceptors (Lipinski definition) is 4. The smallest absolute Gasteiger partial charge is 0.261 e. The summed E-state index contributed by atoms with van der Waals surface area (Å²) in [6.45, 7) is 5.07. The minimum atomic E-state index is -0.372. The van der Waals surface area contributed by atoms with E-state index in [1.807, 2.05) is 36.1 Å². The van der Waals surface area contributed by atoms with Crippen LogP contribution in [0.25, 0.3) is 10.9 Å². The average molecular weight is 383 g/mol. The van der Waals surface area contributed by atoms with Crippen LogP contribution in [0.3, 0.4) is 0 Å². The van der Waals surface area contributed by atoms with Crippen LogP contribution in [-0.2, 0) is 9.53 Å². The third kappa shape index (κ3) is 3.42. The van der Waals surface area contributed by atoms with Crippen LogP contribution in [0.1, 0.15) is 28.8 Å². The van der Waals surface area contributed by atoms with Crippen LogP contribution in [0.15, 0.2) is 29.1 Å². The molecule has 1 N–H and O–H groups in total. The predicted octanol–water partition coefficient (Wildman–Crippen LogP) is 1.55. The average Bonchev–Trinajstić information content (AvgIpc) is 2.74. The molecule has 2 aliphatic rings. The number of carbonyl (C=O) groups is 2. The van der Waals surface area contributed by atoms with Crippen molar-refractivity contribution in [2.24, 2.45) is 5.92 Å². The van der Waals surface area contributed by atoms with Crippen molar-refractivity contribution in [2.75, 3.05) is 39.4 Å². The molecule has 2 fully saturated rings. The van der Waals surface area contributed by atoms with Crippen molar-refractivity contribution in [1.82, 2.24) is 14.8 Å². The molecule has 7 heteroatoms. The second kappa shape index (κ2) is 7.75. The summed E-state index contributed by atoms with van der Waals surface area (Å²) in [6.07, 6.45) is 1.53. The first kappa shape index (κ1) is 18.7. The lowest BCUT2D eigenvalue weighted by Crippen LogP contribution is -2.50. The zero-order valence-electron chi connectivity index (χ0n) is 16.1. The van der Waals surface area contributed by atoms with E-state index in [9.17, 15) is 14.4 Å². The highest BCUT2D eigenvalue weighted by Gasteiger charge is 2.33. The molecule has 0 spiro atoms. The summed E-state index contributed by atoms with van der Waals surface area (Å²) in [6, 6.07) is 7.47. The Kier molecular flexibility index (Phi) is 5.17. The number of piperidine rings is 1. The van der Waals surface area contributed by atoms with E-state index in [0.717, 1.165) is 23.7 Å². The fraction of sp³-hybridized carbons (Fsp3) is 0.476. The number of fused-ring (bicyclic) bond motifs is 1. The van der Waals surface area contributed by atoms with E-state index >= 15 is 0 Å². The van der Waals surface area contributed by atoms with Crippen LogP contribution in [0, 0.1) is 12.8 Å². The summed E-state index contributed by atoms with van der Waals surface area (Å²) >= 11 is 0. The number of nitrogens with one attached hydrogen (secondary N) is 1. The van der Waals surface area contributed by atoms with Gasteiger partial charge in [0.1, 0.15) is 5.56 Å². The first-order valence-electron chi connectivity index (χ1n) is 9.83. The number of morpholine rings is 1. The van der Waals surface area contributed by atoms with Crippen molar-refractivity contribution in [3.05, 3.63) is 45.7 Å². The maximum absolute atomic E-state index is 13.2. The van der Waals surface area contributed by atoms with Gasteiger partial charge in [-0.2, -0.15) is 0 Å². The first-order valence-corrected chi connectivity index (χ1v) is 9.83. The zero-order valence-corrected chi connectivity index (χ0v) is 16.1. The molecular formula is C21H25N3O4. The van der Waals surface area contributed by atoms with Crippen molar-refractivity contribution >= 4 is 22.7 Å². The number of nitrogens with zero attached hydrogens (tertiary/aromatic N) is 2. The highest BCUT2D eigenvalue weighted by atomic mass is 16.5. The van der Waals surface area contributed by atoms with Gasteiger partial charge in [-0.25, -0.2) is 0 Å². The number of rotatable bonds is 2. The van der Waals surface area contributed by atoms with E-state index in [4.69, 9.17) is 4.74 Å². The predicted molar refractivity (Wildman–Crippen MR) is 105 cm³/mol. The SMILES string of the molecule is Cc1c(C(=O)N2CCCC(C(=O)N3CCOCC3)C2)c(=O)[nH]c2ccccc12. The van der Waals surface area contributed by atoms with Gasteiger partial charge in [0.15, 0.2) is 0 Å². The Bertz CT molecular complexity index is 962. The number of likely N-dealkylation sites (tertiary alicyclic amines) is 1. The quantitative estimate of drug-likeness (QED) is 0.853. The zero-order chi connectivity index (χ0) is 19.7. The Morgan fingerprint density at radius 3 is 2.64 bits per heavy atom. The van der Waals surface area contributed by atoms with Crippen molar-refractivity contribution < 1.29 is 14.3 Å². The molecule has 2 aliphatic heterocycles.